The first-order valence-corrected chi connectivity index (χ1v) is 12.5. The molecule has 1 aliphatic rings. The predicted octanol–water partition coefficient (Wildman–Crippen LogP) is 3.71. The van der Waals surface area contributed by atoms with E-state index in [0.717, 1.165) is 29.4 Å². The maximum Gasteiger partial charge on any atom is 0.341 e. The minimum atomic E-state index is -3.87. The minimum Gasteiger partial charge on any atom is -0.455 e. The molecule has 0 spiro atoms. The first kappa shape index (κ1) is 23.3. The summed E-state index contributed by atoms with van der Waals surface area (Å²) in [5, 5.41) is 5.50. The zero-order chi connectivity index (χ0) is 23.4. The Morgan fingerprint density at radius 1 is 1.21 bits per heavy atom. The Kier molecular flexibility index (Phi) is 7.03. The Morgan fingerprint density at radius 3 is 2.67 bits per heavy atom. The van der Waals surface area contributed by atoms with Gasteiger partial charge in [-0.1, -0.05) is 17.7 Å². The van der Waals surface area contributed by atoms with Crippen molar-refractivity contribution in [1.29, 1.82) is 0 Å². The molecule has 0 aliphatic carbocycles. The van der Waals surface area contributed by atoms with Crippen molar-refractivity contribution in [2.75, 3.05) is 31.6 Å². The van der Waals surface area contributed by atoms with Crippen LogP contribution in [0.4, 0.5) is 15.2 Å². The first-order chi connectivity index (χ1) is 15.8. The lowest BCUT2D eigenvalue weighted by Gasteiger charge is -2.26. The molecule has 4 rings (SSSR count). The number of thiazole rings is 1. The third kappa shape index (κ3) is 5.56. The first-order valence-electron chi connectivity index (χ1n) is 10.2. The fourth-order valence-electron chi connectivity index (χ4n) is 3.17. The van der Waals surface area contributed by atoms with Crippen LogP contribution < -0.4 is 5.32 Å². The number of sulfonamides is 1. The minimum absolute atomic E-state index is 0.170. The number of esters is 1. The third-order valence-corrected chi connectivity index (χ3v) is 7.67. The Labute approximate surface area is 195 Å². The van der Waals surface area contributed by atoms with Gasteiger partial charge in [-0.3, -0.25) is 0 Å². The molecule has 3 aromatic rings. The van der Waals surface area contributed by atoms with Gasteiger partial charge in [0.2, 0.25) is 10.0 Å². The van der Waals surface area contributed by atoms with Crippen LogP contribution in [-0.4, -0.2) is 50.0 Å². The second-order valence-electron chi connectivity index (χ2n) is 7.37. The van der Waals surface area contributed by atoms with E-state index in [-0.39, 0.29) is 37.8 Å². The normalized spacial score (nSPS) is 14.7. The van der Waals surface area contributed by atoms with E-state index < -0.39 is 27.4 Å². The average molecular weight is 492 g/mol. The molecule has 2 aromatic carbocycles. The van der Waals surface area contributed by atoms with Crippen molar-refractivity contribution in [3.63, 3.8) is 0 Å². The number of hydrogen-bond acceptors (Lipinski definition) is 8. The summed E-state index contributed by atoms with van der Waals surface area (Å²) in [5.41, 5.74) is 2.05. The van der Waals surface area contributed by atoms with Crippen molar-refractivity contribution >= 4 is 38.1 Å². The number of hydrogen-bond donors (Lipinski definition) is 1. The van der Waals surface area contributed by atoms with E-state index in [9.17, 15) is 17.6 Å². The van der Waals surface area contributed by atoms with Crippen LogP contribution in [0.5, 0.6) is 0 Å². The van der Waals surface area contributed by atoms with E-state index in [1.807, 2.05) is 31.2 Å². The van der Waals surface area contributed by atoms with Gasteiger partial charge in [-0.15, -0.1) is 11.3 Å². The number of carbonyl (C=O) groups excluding carboxylic acids is 1. The molecular weight excluding hydrogens is 469 g/mol. The number of morpholine rings is 1. The molecule has 1 aliphatic heterocycles. The highest BCUT2D eigenvalue weighted by Crippen LogP contribution is 2.23. The number of nitrogens with one attached hydrogen (secondary N) is 1. The van der Waals surface area contributed by atoms with Crippen molar-refractivity contribution in [3.8, 4) is 0 Å². The topological polar surface area (TPSA) is 97.8 Å². The summed E-state index contributed by atoms with van der Waals surface area (Å²) >= 11 is 1.34. The molecule has 0 radical (unpaired) electrons. The zero-order valence-electron chi connectivity index (χ0n) is 17.8. The summed E-state index contributed by atoms with van der Waals surface area (Å²) in [6, 6.07) is 10.9. The number of aryl methyl sites for hydroxylation is 1. The highest BCUT2D eigenvalue weighted by Gasteiger charge is 2.28. The average Bonchev–Trinajstić information content (AvgIpc) is 3.27. The van der Waals surface area contributed by atoms with Gasteiger partial charge in [-0.25, -0.2) is 22.6 Å². The van der Waals surface area contributed by atoms with Gasteiger partial charge in [0.15, 0.2) is 5.13 Å². The molecule has 1 fully saturated rings. The smallest absolute Gasteiger partial charge is 0.341 e. The van der Waals surface area contributed by atoms with Gasteiger partial charge in [0.25, 0.3) is 0 Å². The van der Waals surface area contributed by atoms with Crippen LogP contribution in [0.2, 0.25) is 0 Å². The summed E-state index contributed by atoms with van der Waals surface area (Å²) < 4.78 is 51.5. The molecule has 8 nitrogen and oxygen atoms in total. The second kappa shape index (κ2) is 9.96. The molecule has 11 heteroatoms. The van der Waals surface area contributed by atoms with E-state index in [1.165, 1.54) is 15.6 Å². The van der Waals surface area contributed by atoms with Gasteiger partial charge in [0, 0.05) is 24.2 Å². The molecular formula is C22H22FN3O5S2. The fourth-order valence-corrected chi connectivity index (χ4v) is 5.32. The number of carbonyl (C=O) groups is 1. The Bertz CT molecular complexity index is 1240. The van der Waals surface area contributed by atoms with E-state index in [0.29, 0.717) is 10.8 Å². The number of benzene rings is 2. The molecule has 1 aromatic heterocycles. The molecule has 0 saturated carbocycles. The summed E-state index contributed by atoms with van der Waals surface area (Å²) in [6.07, 6.45) is 0. The largest absolute Gasteiger partial charge is 0.455 e. The lowest BCUT2D eigenvalue weighted by Crippen LogP contribution is -2.40. The standard InChI is InChI=1S/C22H22FN3O5S2/c1-15-2-4-16(5-3-15)24-22-25-17(14-32-22)13-31-21(27)19-12-18(6-7-20(19)23)33(28,29)26-8-10-30-11-9-26/h2-7,12,14H,8-11,13H2,1H3,(H,24,25). The quantitative estimate of drug-likeness (QED) is 0.503. The lowest BCUT2D eigenvalue weighted by molar-refractivity contribution is 0.0462. The summed E-state index contributed by atoms with van der Waals surface area (Å²) in [4.78, 5) is 16.7. The van der Waals surface area contributed by atoms with Crippen LogP contribution in [0.3, 0.4) is 0 Å². The van der Waals surface area contributed by atoms with Crippen molar-refractivity contribution in [2.24, 2.45) is 0 Å². The lowest BCUT2D eigenvalue weighted by atomic mass is 10.2. The molecule has 1 N–H and O–H groups in total. The highest BCUT2D eigenvalue weighted by molar-refractivity contribution is 7.89. The number of aromatic nitrogens is 1. The number of nitrogens with zero attached hydrogens (tertiary/aromatic N) is 2. The monoisotopic (exact) mass is 491 g/mol. The fraction of sp³-hybridized carbons (Fsp3) is 0.273. The van der Waals surface area contributed by atoms with Crippen LogP contribution in [0, 0.1) is 12.7 Å². The number of rotatable bonds is 7. The Hall–Kier alpha value is -2.86. The van der Waals surface area contributed by atoms with Crippen molar-refractivity contribution in [2.45, 2.75) is 18.4 Å². The summed E-state index contributed by atoms with van der Waals surface area (Å²) in [5.74, 6) is -1.83. The van der Waals surface area contributed by atoms with Crippen LogP contribution in [0.15, 0.2) is 52.7 Å². The van der Waals surface area contributed by atoms with E-state index in [4.69, 9.17) is 9.47 Å². The van der Waals surface area contributed by atoms with Crippen LogP contribution >= 0.6 is 11.3 Å². The molecule has 1 saturated heterocycles. The Morgan fingerprint density at radius 2 is 1.94 bits per heavy atom. The van der Waals surface area contributed by atoms with Crippen molar-refractivity contribution in [3.05, 3.63) is 70.5 Å². The molecule has 0 unspecified atom stereocenters. The van der Waals surface area contributed by atoms with Gasteiger partial charge >= 0.3 is 5.97 Å². The predicted molar refractivity (Wildman–Crippen MR) is 122 cm³/mol. The Balaban J connectivity index is 1.42. The summed E-state index contributed by atoms with van der Waals surface area (Å²) in [7, 11) is -3.87. The maximum atomic E-state index is 14.3. The van der Waals surface area contributed by atoms with Crippen molar-refractivity contribution in [1.82, 2.24) is 9.29 Å². The SMILES string of the molecule is Cc1ccc(Nc2nc(COC(=O)c3cc(S(=O)(=O)N4CCOCC4)ccc3F)cs2)cc1. The van der Waals surface area contributed by atoms with E-state index in [2.05, 4.69) is 10.3 Å². The van der Waals surface area contributed by atoms with Gasteiger partial charge in [-0.2, -0.15) is 4.31 Å². The molecule has 2 heterocycles. The molecule has 0 amide bonds. The second-order valence-corrected chi connectivity index (χ2v) is 10.2. The number of halogens is 1. The summed E-state index contributed by atoms with van der Waals surface area (Å²) in [6.45, 7) is 2.78. The van der Waals surface area contributed by atoms with Gasteiger partial charge in [0.05, 0.1) is 29.4 Å². The third-order valence-electron chi connectivity index (χ3n) is 4.97. The van der Waals surface area contributed by atoms with Crippen LogP contribution in [-0.2, 0) is 26.1 Å². The van der Waals surface area contributed by atoms with Gasteiger partial charge in [0.1, 0.15) is 12.4 Å². The van der Waals surface area contributed by atoms with Crippen LogP contribution in [0.25, 0.3) is 0 Å². The number of anilines is 2. The van der Waals surface area contributed by atoms with Crippen LogP contribution in [0.1, 0.15) is 21.6 Å². The molecule has 174 valence electrons. The molecule has 33 heavy (non-hydrogen) atoms. The molecule has 0 atom stereocenters. The van der Waals surface area contributed by atoms with Gasteiger partial charge < -0.3 is 14.8 Å². The molecule has 0 bridgehead atoms. The number of ether oxygens (including phenoxy) is 2. The van der Waals surface area contributed by atoms with E-state index in [1.54, 1.807) is 5.38 Å². The zero-order valence-corrected chi connectivity index (χ0v) is 19.4. The highest BCUT2D eigenvalue weighted by atomic mass is 32.2. The maximum absolute atomic E-state index is 14.3. The van der Waals surface area contributed by atoms with E-state index >= 15 is 0 Å². The van der Waals surface area contributed by atoms with Gasteiger partial charge in [-0.05, 0) is 37.3 Å². The van der Waals surface area contributed by atoms with Crippen molar-refractivity contribution < 1.29 is 27.1 Å².